The van der Waals surface area contributed by atoms with Gasteiger partial charge in [0, 0.05) is 25.7 Å². The molecule has 2 aliphatic heterocycles. The number of aromatic nitrogens is 2. The maximum atomic E-state index is 13.5. The predicted octanol–water partition coefficient (Wildman–Crippen LogP) is 3.90. The summed E-state index contributed by atoms with van der Waals surface area (Å²) in [6.07, 6.45) is 2.96. The summed E-state index contributed by atoms with van der Waals surface area (Å²) in [6.45, 7) is 11.4. The Labute approximate surface area is 236 Å². The second kappa shape index (κ2) is 11.4. The third-order valence-corrected chi connectivity index (χ3v) is 8.24. The van der Waals surface area contributed by atoms with Gasteiger partial charge in [-0.2, -0.15) is 8.42 Å². The van der Waals surface area contributed by atoms with Gasteiger partial charge in [0.25, 0.3) is 15.9 Å². The molecule has 0 bridgehead atoms. The van der Waals surface area contributed by atoms with E-state index in [-0.39, 0.29) is 28.3 Å². The molecule has 0 spiro atoms. The second-order valence-electron chi connectivity index (χ2n) is 11.2. The maximum Gasteiger partial charge on any atom is 0.410 e. The molecule has 11 nitrogen and oxygen atoms in total. The van der Waals surface area contributed by atoms with E-state index in [9.17, 15) is 18.0 Å². The van der Waals surface area contributed by atoms with Crippen LogP contribution in [0.3, 0.4) is 0 Å². The van der Waals surface area contributed by atoms with Crippen molar-refractivity contribution in [3.8, 4) is 0 Å². The van der Waals surface area contributed by atoms with E-state index in [2.05, 4.69) is 40.7 Å². The SMILES string of the molecule is CNc1cccc(S(=O)(=O)NC(=O)c2ccc(C3=CCCN(C(=O)OC(C)C)C3)nc2N2C[C@@H](C)CC2(C)C)n1. The minimum absolute atomic E-state index is 0.145. The summed E-state index contributed by atoms with van der Waals surface area (Å²) in [7, 11) is -2.62. The minimum atomic E-state index is -4.24. The number of amides is 2. The van der Waals surface area contributed by atoms with Crippen molar-refractivity contribution in [2.75, 3.05) is 36.9 Å². The fourth-order valence-corrected chi connectivity index (χ4v) is 6.20. The lowest BCUT2D eigenvalue weighted by molar-refractivity contribution is 0.0802. The van der Waals surface area contributed by atoms with Gasteiger partial charge in [-0.3, -0.25) is 4.79 Å². The van der Waals surface area contributed by atoms with Crippen LogP contribution in [0.2, 0.25) is 0 Å². The quantitative estimate of drug-likeness (QED) is 0.508. The molecule has 2 N–H and O–H groups in total. The van der Waals surface area contributed by atoms with Gasteiger partial charge in [0.2, 0.25) is 0 Å². The van der Waals surface area contributed by atoms with E-state index in [1.54, 1.807) is 36.2 Å². The van der Waals surface area contributed by atoms with Crippen molar-refractivity contribution in [2.24, 2.45) is 5.92 Å². The molecule has 0 aliphatic carbocycles. The molecule has 4 heterocycles. The highest BCUT2D eigenvalue weighted by molar-refractivity contribution is 7.90. The highest BCUT2D eigenvalue weighted by atomic mass is 32.2. The average Bonchev–Trinajstić information content (AvgIpc) is 3.19. The van der Waals surface area contributed by atoms with Crippen molar-refractivity contribution >= 4 is 39.2 Å². The van der Waals surface area contributed by atoms with E-state index < -0.39 is 15.9 Å². The van der Waals surface area contributed by atoms with Gasteiger partial charge >= 0.3 is 6.09 Å². The molecule has 0 saturated carbocycles. The summed E-state index contributed by atoms with van der Waals surface area (Å²) >= 11 is 0. The Bertz CT molecular complexity index is 1420. The summed E-state index contributed by atoms with van der Waals surface area (Å²) < 4.78 is 33.7. The van der Waals surface area contributed by atoms with Gasteiger partial charge in [0.15, 0.2) is 5.03 Å². The summed E-state index contributed by atoms with van der Waals surface area (Å²) in [5.74, 6) is 0.325. The lowest BCUT2D eigenvalue weighted by atomic mass is 9.97. The lowest BCUT2D eigenvalue weighted by Gasteiger charge is -2.34. The first-order valence-corrected chi connectivity index (χ1v) is 14.9. The van der Waals surface area contributed by atoms with Gasteiger partial charge in [0.05, 0.1) is 23.9 Å². The Balaban J connectivity index is 1.69. The van der Waals surface area contributed by atoms with Crippen LogP contribution in [0.15, 0.2) is 41.4 Å². The molecule has 1 fully saturated rings. The zero-order valence-corrected chi connectivity index (χ0v) is 24.7. The molecule has 1 atom stereocenters. The first-order chi connectivity index (χ1) is 18.8. The number of sulfonamides is 1. The molecule has 40 heavy (non-hydrogen) atoms. The molecule has 216 valence electrons. The van der Waals surface area contributed by atoms with Crippen molar-refractivity contribution in [3.63, 3.8) is 0 Å². The van der Waals surface area contributed by atoms with Gasteiger partial charge < -0.3 is 19.9 Å². The van der Waals surface area contributed by atoms with Crippen molar-refractivity contribution in [1.29, 1.82) is 0 Å². The van der Waals surface area contributed by atoms with E-state index in [0.717, 1.165) is 12.0 Å². The van der Waals surface area contributed by atoms with Crippen LogP contribution in [0.5, 0.6) is 0 Å². The number of carbonyl (C=O) groups is 2. The number of ether oxygens (including phenoxy) is 1. The molecule has 12 heteroatoms. The van der Waals surface area contributed by atoms with Gasteiger partial charge in [0.1, 0.15) is 11.6 Å². The molecule has 2 amide bonds. The number of rotatable bonds is 7. The largest absolute Gasteiger partial charge is 0.447 e. The topological polar surface area (TPSA) is 134 Å². The average molecular weight is 571 g/mol. The van der Waals surface area contributed by atoms with Crippen molar-refractivity contribution in [3.05, 3.63) is 47.7 Å². The first-order valence-electron chi connectivity index (χ1n) is 13.5. The fraction of sp³-hybridized carbons (Fsp3) is 0.500. The van der Waals surface area contributed by atoms with Crippen LogP contribution in [-0.2, 0) is 14.8 Å². The van der Waals surface area contributed by atoms with Gasteiger partial charge in [-0.25, -0.2) is 19.5 Å². The van der Waals surface area contributed by atoms with Gasteiger partial charge in [-0.1, -0.05) is 19.1 Å². The highest BCUT2D eigenvalue weighted by Gasteiger charge is 2.39. The number of anilines is 2. The smallest absolute Gasteiger partial charge is 0.410 e. The Kier molecular flexibility index (Phi) is 8.38. The molecular weight excluding hydrogens is 532 g/mol. The summed E-state index contributed by atoms with van der Waals surface area (Å²) in [5, 5.41) is 2.53. The fourth-order valence-electron chi connectivity index (χ4n) is 5.26. The van der Waals surface area contributed by atoms with Crippen LogP contribution in [0.1, 0.15) is 63.5 Å². The Morgan fingerprint density at radius 1 is 1.15 bits per heavy atom. The van der Waals surface area contributed by atoms with Crippen LogP contribution < -0.4 is 14.9 Å². The lowest BCUT2D eigenvalue weighted by Crippen LogP contribution is -2.41. The van der Waals surface area contributed by atoms with E-state index >= 15 is 0 Å². The maximum absolute atomic E-state index is 13.5. The number of pyridine rings is 2. The second-order valence-corrected chi connectivity index (χ2v) is 12.8. The molecule has 1 saturated heterocycles. The van der Waals surface area contributed by atoms with E-state index in [4.69, 9.17) is 9.72 Å². The monoisotopic (exact) mass is 570 g/mol. The molecule has 2 aromatic rings. The van der Waals surface area contributed by atoms with Crippen LogP contribution in [-0.4, -0.2) is 73.6 Å². The van der Waals surface area contributed by atoms with Gasteiger partial charge in [-0.05, 0) is 76.3 Å². The Morgan fingerprint density at radius 2 is 1.90 bits per heavy atom. The third kappa shape index (κ3) is 6.38. The molecular formula is C28H38N6O5S. The van der Waals surface area contributed by atoms with Gasteiger partial charge in [-0.15, -0.1) is 0 Å². The number of nitrogens with one attached hydrogen (secondary N) is 2. The molecule has 2 aliphatic rings. The minimum Gasteiger partial charge on any atom is -0.447 e. The van der Waals surface area contributed by atoms with E-state index in [1.165, 1.54) is 6.07 Å². The highest BCUT2D eigenvalue weighted by Crippen LogP contribution is 2.38. The molecule has 0 aromatic carbocycles. The van der Waals surface area contributed by atoms with E-state index in [1.807, 2.05) is 19.9 Å². The number of nitrogens with zero attached hydrogens (tertiary/aromatic N) is 4. The first kappa shape index (κ1) is 29.3. The standard InChI is InChI=1S/C28H38N6O5S/c1-18(2)39-27(36)33-14-8-9-20(17-33)22-13-12-21(25(30-22)34-16-19(3)15-28(34,4)5)26(35)32-40(37,38)24-11-7-10-23(29-6)31-24/h7,9-13,18-19H,8,14-17H2,1-6H3,(H,29,31)(H,32,35)/t19-/m0/s1. The van der Waals surface area contributed by atoms with E-state index in [0.29, 0.717) is 49.3 Å². The van der Waals surface area contributed by atoms with Crippen molar-refractivity contribution in [2.45, 2.75) is 64.1 Å². The molecule has 0 radical (unpaired) electrons. The number of hydrogen-bond acceptors (Lipinski definition) is 9. The zero-order chi connectivity index (χ0) is 29.2. The van der Waals surface area contributed by atoms with Crippen LogP contribution in [0.25, 0.3) is 5.57 Å². The zero-order valence-electron chi connectivity index (χ0n) is 23.9. The molecule has 4 rings (SSSR count). The summed E-state index contributed by atoms with van der Waals surface area (Å²) in [4.78, 5) is 38.7. The molecule has 2 aromatic heterocycles. The Hall–Kier alpha value is -3.67. The normalized spacial score (nSPS) is 18.9. The summed E-state index contributed by atoms with van der Waals surface area (Å²) in [5.41, 5.74) is 1.29. The summed E-state index contributed by atoms with van der Waals surface area (Å²) in [6, 6.07) is 7.80. The van der Waals surface area contributed by atoms with Crippen LogP contribution in [0, 0.1) is 5.92 Å². The van der Waals surface area contributed by atoms with Crippen LogP contribution in [0.4, 0.5) is 16.4 Å². The Morgan fingerprint density at radius 3 is 2.55 bits per heavy atom. The van der Waals surface area contributed by atoms with Crippen LogP contribution >= 0.6 is 0 Å². The third-order valence-electron chi connectivity index (χ3n) is 7.01. The predicted molar refractivity (Wildman–Crippen MR) is 154 cm³/mol. The van der Waals surface area contributed by atoms with Crippen molar-refractivity contribution < 1.29 is 22.7 Å². The van der Waals surface area contributed by atoms with Crippen molar-refractivity contribution in [1.82, 2.24) is 19.6 Å². The number of carbonyl (C=O) groups excluding carboxylic acids is 2. The molecule has 0 unspecified atom stereocenters. The number of hydrogen-bond donors (Lipinski definition) is 2.